The van der Waals surface area contributed by atoms with Crippen LogP contribution in [0, 0.1) is 0 Å². The maximum absolute atomic E-state index is 5.88. The molecule has 1 unspecified atom stereocenters. The van der Waals surface area contributed by atoms with Gasteiger partial charge < -0.3 is 19.9 Å². The summed E-state index contributed by atoms with van der Waals surface area (Å²) in [5, 5.41) is 4.80. The minimum atomic E-state index is 0.176. The molecular weight excluding hydrogens is 302 g/mol. The summed E-state index contributed by atoms with van der Waals surface area (Å²) in [6, 6.07) is 1.20. The molecule has 3 heterocycles. The van der Waals surface area contributed by atoms with Gasteiger partial charge in [-0.15, -0.1) is 0 Å². The number of H-pyrrole nitrogens is 1. The molecule has 1 saturated heterocycles. The number of aromatic nitrogens is 3. The van der Waals surface area contributed by atoms with E-state index in [4.69, 9.17) is 4.74 Å². The number of ether oxygens (including phenoxy) is 1. The van der Waals surface area contributed by atoms with Crippen LogP contribution in [0.4, 0.5) is 5.82 Å². The molecule has 1 aliphatic carbocycles. The van der Waals surface area contributed by atoms with Crippen molar-refractivity contribution in [2.45, 2.75) is 56.7 Å². The maximum Gasteiger partial charge on any atom is 0.143 e. The number of hydrogen-bond donors (Lipinski definition) is 2. The summed E-state index contributed by atoms with van der Waals surface area (Å²) >= 11 is 0. The number of hydrogen-bond acceptors (Lipinski definition) is 5. The average Bonchev–Trinajstić information content (AvgIpc) is 3.25. The third-order valence-electron chi connectivity index (χ3n) is 5.54. The first-order valence-corrected chi connectivity index (χ1v) is 9.09. The van der Waals surface area contributed by atoms with Gasteiger partial charge in [0, 0.05) is 30.5 Å². The molecule has 130 valence electrons. The number of nitrogens with zero attached hydrogens (tertiary/aromatic N) is 3. The van der Waals surface area contributed by atoms with E-state index >= 15 is 0 Å². The van der Waals surface area contributed by atoms with Gasteiger partial charge in [0.2, 0.25) is 0 Å². The molecule has 0 amide bonds. The van der Waals surface area contributed by atoms with Crippen LogP contribution in [0.3, 0.4) is 0 Å². The van der Waals surface area contributed by atoms with E-state index in [9.17, 15) is 0 Å². The van der Waals surface area contributed by atoms with Gasteiger partial charge in [0.05, 0.1) is 11.5 Å². The van der Waals surface area contributed by atoms with Crippen molar-refractivity contribution in [2.75, 3.05) is 26.0 Å². The van der Waals surface area contributed by atoms with E-state index in [1.165, 1.54) is 31.2 Å². The number of fused-ring (bicyclic) bond motifs is 1. The Hall–Kier alpha value is -1.66. The summed E-state index contributed by atoms with van der Waals surface area (Å²) in [5.41, 5.74) is 2.10. The van der Waals surface area contributed by atoms with Gasteiger partial charge >= 0.3 is 0 Å². The predicted molar refractivity (Wildman–Crippen MR) is 95.2 cm³/mol. The van der Waals surface area contributed by atoms with E-state index in [1.807, 2.05) is 6.20 Å². The van der Waals surface area contributed by atoms with E-state index in [0.717, 1.165) is 36.3 Å². The van der Waals surface area contributed by atoms with Crippen molar-refractivity contribution in [3.8, 4) is 0 Å². The Morgan fingerprint density at radius 1 is 1.17 bits per heavy atom. The van der Waals surface area contributed by atoms with Gasteiger partial charge in [-0.2, -0.15) is 0 Å². The molecule has 1 atom stereocenters. The summed E-state index contributed by atoms with van der Waals surface area (Å²) in [6.07, 6.45) is 10.9. The van der Waals surface area contributed by atoms with Gasteiger partial charge in [-0.3, -0.25) is 0 Å². The normalized spacial score (nSPS) is 27.9. The number of aromatic amines is 1. The van der Waals surface area contributed by atoms with E-state index in [0.29, 0.717) is 12.1 Å². The summed E-state index contributed by atoms with van der Waals surface area (Å²) in [4.78, 5) is 14.6. The first kappa shape index (κ1) is 15.8. The molecule has 2 aliphatic rings. The standard InChI is InChI=1S/C18H27N5O/c1-23(2)13-7-5-12(6-8-13)22-18-16-14(15-4-3-9-24-15)10-19-17(16)20-11-21-18/h10-13,15H,3-9H2,1-2H3,(H2,19,20,21,22). The van der Waals surface area contributed by atoms with Gasteiger partial charge in [-0.05, 0) is 52.6 Å². The quantitative estimate of drug-likeness (QED) is 0.902. The lowest BCUT2D eigenvalue weighted by Gasteiger charge is -2.33. The highest BCUT2D eigenvalue weighted by atomic mass is 16.5. The molecule has 24 heavy (non-hydrogen) atoms. The molecule has 2 N–H and O–H groups in total. The second kappa shape index (κ2) is 6.69. The van der Waals surface area contributed by atoms with Crippen molar-refractivity contribution in [3.63, 3.8) is 0 Å². The van der Waals surface area contributed by atoms with Crippen LogP contribution in [-0.2, 0) is 4.74 Å². The van der Waals surface area contributed by atoms with Gasteiger partial charge in [0.15, 0.2) is 0 Å². The zero-order chi connectivity index (χ0) is 16.5. The summed E-state index contributed by atoms with van der Waals surface area (Å²) < 4.78 is 5.88. The van der Waals surface area contributed by atoms with Crippen LogP contribution in [-0.4, -0.2) is 52.6 Å². The minimum absolute atomic E-state index is 0.176. The molecule has 1 aliphatic heterocycles. The van der Waals surface area contributed by atoms with E-state index in [2.05, 4.69) is 39.3 Å². The number of rotatable bonds is 4. The van der Waals surface area contributed by atoms with Gasteiger partial charge in [-0.1, -0.05) is 0 Å². The Kier molecular flexibility index (Phi) is 4.41. The molecule has 0 aromatic carbocycles. The minimum Gasteiger partial charge on any atom is -0.373 e. The van der Waals surface area contributed by atoms with Crippen molar-refractivity contribution < 1.29 is 4.74 Å². The lowest BCUT2D eigenvalue weighted by Crippen LogP contribution is -2.36. The van der Waals surface area contributed by atoms with Crippen LogP contribution in [0.2, 0.25) is 0 Å². The van der Waals surface area contributed by atoms with Crippen LogP contribution in [0.25, 0.3) is 11.0 Å². The molecule has 6 nitrogen and oxygen atoms in total. The summed E-state index contributed by atoms with van der Waals surface area (Å²) in [7, 11) is 4.36. The zero-order valence-electron chi connectivity index (χ0n) is 14.6. The number of nitrogens with one attached hydrogen (secondary N) is 2. The highest BCUT2D eigenvalue weighted by Gasteiger charge is 2.26. The van der Waals surface area contributed by atoms with E-state index in [-0.39, 0.29) is 6.10 Å². The Labute approximate surface area is 143 Å². The third-order valence-corrected chi connectivity index (χ3v) is 5.54. The molecule has 2 fully saturated rings. The monoisotopic (exact) mass is 329 g/mol. The van der Waals surface area contributed by atoms with Crippen molar-refractivity contribution >= 4 is 16.9 Å². The lowest BCUT2D eigenvalue weighted by molar-refractivity contribution is 0.113. The van der Waals surface area contributed by atoms with Crippen molar-refractivity contribution in [2.24, 2.45) is 0 Å². The van der Waals surface area contributed by atoms with Crippen LogP contribution in [0.15, 0.2) is 12.5 Å². The Morgan fingerprint density at radius 2 is 2.00 bits per heavy atom. The molecule has 2 aromatic heterocycles. The Morgan fingerprint density at radius 3 is 2.71 bits per heavy atom. The topological polar surface area (TPSA) is 66.1 Å². The largest absolute Gasteiger partial charge is 0.373 e. The zero-order valence-corrected chi connectivity index (χ0v) is 14.6. The predicted octanol–water partition coefficient (Wildman–Crippen LogP) is 3.09. The van der Waals surface area contributed by atoms with Crippen molar-refractivity contribution in [1.29, 1.82) is 0 Å². The van der Waals surface area contributed by atoms with Crippen molar-refractivity contribution in [3.05, 3.63) is 18.1 Å². The Balaban J connectivity index is 1.55. The number of anilines is 1. The summed E-state index contributed by atoms with van der Waals surface area (Å²) in [6.45, 7) is 0.850. The fraction of sp³-hybridized carbons (Fsp3) is 0.667. The smallest absolute Gasteiger partial charge is 0.143 e. The molecule has 1 saturated carbocycles. The molecule has 2 aromatic rings. The second-order valence-electron chi connectivity index (χ2n) is 7.30. The van der Waals surface area contributed by atoms with Gasteiger partial charge in [-0.25, -0.2) is 9.97 Å². The van der Waals surface area contributed by atoms with Crippen LogP contribution in [0.1, 0.15) is 50.2 Å². The van der Waals surface area contributed by atoms with Gasteiger partial charge in [0.1, 0.15) is 17.8 Å². The average molecular weight is 329 g/mol. The molecule has 0 spiro atoms. The first-order valence-electron chi connectivity index (χ1n) is 9.09. The second-order valence-corrected chi connectivity index (χ2v) is 7.30. The van der Waals surface area contributed by atoms with Gasteiger partial charge in [0.25, 0.3) is 0 Å². The maximum atomic E-state index is 5.88. The van der Waals surface area contributed by atoms with E-state index in [1.54, 1.807) is 6.33 Å². The molecule has 0 radical (unpaired) electrons. The SMILES string of the molecule is CN(C)C1CCC(Nc2ncnc3[nH]cc(C4CCCO4)c23)CC1. The fourth-order valence-electron chi connectivity index (χ4n) is 4.10. The molecule has 0 bridgehead atoms. The van der Waals surface area contributed by atoms with Crippen molar-refractivity contribution in [1.82, 2.24) is 19.9 Å². The molecule has 6 heteroatoms. The third kappa shape index (κ3) is 3.00. The fourth-order valence-corrected chi connectivity index (χ4v) is 4.10. The van der Waals surface area contributed by atoms with Crippen LogP contribution >= 0.6 is 0 Å². The van der Waals surface area contributed by atoms with E-state index < -0.39 is 0 Å². The Bertz CT molecular complexity index is 684. The lowest BCUT2D eigenvalue weighted by atomic mass is 9.90. The first-order chi connectivity index (χ1) is 11.7. The van der Waals surface area contributed by atoms with Crippen LogP contribution in [0.5, 0.6) is 0 Å². The summed E-state index contributed by atoms with van der Waals surface area (Å²) in [5.74, 6) is 0.958. The molecule has 4 rings (SSSR count). The molecular formula is C18H27N5O. The highest BCUT2D eigenvalue weighted by molar-refractivity contribution is 5.90. The highest BCUT2D eigenvalue weighted by Crippen LogP contribution is 2.36. The van der Waals surface area contributed by atoms with Crippen LogP contribution < -0.4 is 5.32 Å².